The molecule has 1 saturated heterocycles. The Kier molecular flexibility index (Phi) is 5.47. The van der Waals surface area contributed by atoms with Gasteiger partial charge in [-0.2, -0.15) is 4.31 Å². The van der Waals surface area contributed by atoms with Gasteiger partial charge in [0.1, 0.15) is 6.04 Å². The molecule has 24 heavy (non-hydrogen) atoms. The van der Waals surface area contributed by atoms with Crippen LogP contribution in [0.25, 0.3) is 0 Å². The van der Waals surface area contributed by atoms with E-state index in [1.165, 1.54) is 16.4 Å². The van der Waals surface area contributed by atoms with Gasteiger partial charge in [0.25, 0.3) is 0 Å². The summed E-state index contributed by atoms with van der Waals surface area (Å²) in [5.74, 6) is -0.154. The number of hydrogen-bond acceptors (Lipinski definition) is 3. The number of amides is 1. The van der Waals surface area contributed by atoms with Crippen molar-refractivity contribution in [3.63, 3.8) is 0 Å². The average molecular weight is 371 g/mol. The summed E-state index contributed by atoms with van der Waals surface area (Å²) in [6.07, 6.45) is 6.45. The van der Waals surface area contributed by atoms with Crippen molar-refractivity contribution in [2.45, 2.75) is 61.9 Å². The lowest BCUT2D eigenvalue weighted by molar-refractivity contribution is -0.126. The van der Waals surface area contributed by atoms with Crippen LogP contribution in [0.4, 0.5) is 0 Å². The van der Waals surface area contributed by atoms with Gasteiger partial charge in [0.2, 0.25) is 15.9 Å². The fraction of sp³-hybridized carbons (Fsp3) is 0.588. The smallest absolute Gasteiger partial charge is 0.243 e. The molecule has 1 N–H and O–H groups in total. The highest BCUT2D eigenvalue weighted by molar-refractivity contribution is 7.89. The molecular weight excluding hydrogens is 348 g/mol. The zero-order valence-corrected chi connectivity index (χ0v) is 15.2. The van der Waals surface area contributed by atoms with Crippen molar-refractivity contribution < 1.29 is 13.2 Å². The topological polar surface area (TPSA) is 66.5 Å². The van der Waals surface area contributed by atoms with Gasteiger partial charge in [0, 0.05) is 17.6 Å². The Hall–Kier alpha value is -1.11. The third-order valence-electron chi connectivity index (χ3n) is 4.88. The molecular formula is C17H23ClN2O3S. The zero-order chi connectivity index (χ0) is 17.2. The van der Waals surface area contributed by atoms with Crippen molar-refractivity contribution in [1.29, 1.82) is 0 Å². The summed E-state index contributed by atoms with van der Waals surface area (Å²) >= 11 is 5.85. The van der Waals surface area contributed by atoms with Crippen LogP contribution in [0.1, 0.15) is 44.9 Å². The first-order valence-corrected chi connectivity index (χ1v) is 10.4. The summed E-state index contributed by atoms with van der Waals surface area (Å²) < 4.78 is 27.3. The Morgan fingerprint density at radius 1 is 1.04 bits per heavy atom. The molecule has 1 atom stereocenters. The highest BCUT2D eigenvalue weighted by atomic mass is 35.5. The van der Waals surface area contributed by atoms with E-state index in [2.05, 4.69) is 5.32 Å². The molecule has 2 fully saturated rings. The van der Waals surface area contributed by atoms with E-state index in [-0.39, 0.29) is 16.8 Å². The van der Waals surface area contributed by atoms with Crippen LogP contribution in [0.3, 0.4) is 0 Å². The minimum absolute atomic E-state index is 0.154. The monoisotopic (exact) mass is 370 g/mol. The molecule has 2 aliphatic rings. The molecule has 0 radical (unpaired) electrons. The van der Waals surface area contributed by atoms with E-state index in [1.54, 1.807) is 12.1 Å². The normalized spacial score (nSPS) is 23.3. The first-order valence-electron chi connectivity index (χ1n) is 8.56. The first kappa shape index (κ1) is 17.7. The Morgan fingerprint density at radius 3 is 2.33 bits per heavy atom. The van der Waals surface area contributed by atoms with Crippen molar-refractivity contribution >= 4 is 27.5 Å². The SMILES string of the molecule is O=C(NC1CCCC1)[C@H]1CCCCN1S(=O)(=O)c1ccc(Cl)cc1. The summed E-state index contributed by atoms with van der Waals surface area (Å²) in [5, 5.41) is 3.53. The minimum atomic E-state index is -3.69. The molecule has 1 heterocycles. The first-order chi connectivity index (χ1) is 11.5. The number of nitrogens with zero attached hydrogens (tertiary/aromatic N) is 1. The van der Waals surface area contributed by atoms with E-state index < -0.39 is 16.1 Å². The number of carbonyl (C=O) groups is 1. The van der Waals surface area contributed by atoms with E-state index in [4.69, 9.17) is 11.6 Å². The summed E-state index contributed by atoms with van der Waals surface area (Å²) in [7, 11) is -3.69. The molecule has 5 nitrogen and oxygen atoms in total. The summed E-state index contributed by atoms with van der Waals surface area (Å²) in [6, 6.07) is 5.70. The molecule has 1 saturated carbocycles. The van der Waals surface area contributed by atoms with Crippen LogP contribution in [-0.4, -0.2) is 37.3 Å². The van der Waals surface area contributed by atoms with Gasteiger partial charge in [-0.15, -0.1) is 0 Å². The molecule has 0 spiro atoms. The van der Waals surface area contributed by atoms with Crippen LogP contribution in [0.5, 0.6) is 0 Å². The number of halogens is 1. The van der Waals surface area contributed by atoms with Gasteiger partial charge in [0.15, 0.2) is 0 Å². The predicted octanol–water partition coefficient (Wildman–Crippen LogP) is 2.94. The lowest BCUT2D eigenvalue weighted by Crippen LogP contribution is -2.53. The Labute approximate surface area is 148 Å². The van der Waals surface area contributed by atoms with Crippen molar-refractivity contribution in [1.82, 2.24) is 9.62 Å². The summed E-state index contributed by atoms with van der Waals surface area (Å²) in [4.78, 5) is 12.8. The van der Waals surface area contributed by atoms with Crippen molar-refractivity contribution in [3.8, 4) is 0 Å². The van der Waals surface area contributed by atoms with Crippen molar-refractivity contribution in [2.75, 3.05) is 6.54 Å². The highest BCUT2D eigenvalue weighted by Crippen LogP contribution is 2.27. The lowest BCUT2D eigenvalue weighted by Gasteiger charge is -2.34. The largest absolute Gasteiger partial charge is 0.352 e. The molecule has 1 aliphatic heterocycles. The van der Waals surface area contributed by atoms with Gasteiger partial charge in [-0.25, -0.2) is 8.42 Å². The molecule has 7 heteroatoms. The van der Waals surface area contributed by atoms with Gasteiger partial charge in [-0.1, -0.05) is 30.9 Å². The molecule has 132 valence electrons. The third-order valence-corrected chi connectivity index (χ3v) is 7.05. The van der Waals surface area contributed by atoms with Crippen LogP contribution in [0, 0.1) is 0 Å². The van der Waals surface area contributed by atoms with Crippen LogP contribution < -0.4 is 5.32 Å². The summed E-state index contributed by atoms with van der Waals surface area (Å²) in [5.41, 5.74) is 0. The molecule has 0 unspecified atom stereocenters. The fourth-order valence-electron chi connectivity index (χ4n) is 3.56. The standard InChI is InChI=1S/C17H23ClN2O3S/c18-13-8-10-15(11-9-13)24(22,23)20-12-4-3-7-16(20)17(21)19-14-5-1-2-6-14/h8-11,14,16H,1-7,12H2,(H,19,21)/t16-/m1/s1. The molecule has 0 aromatic heterocycles. The second-order valence-electron chi connectivity index (χ2n) is 6.57. The zero-order valence-electron chi connectivity index (χ0n) is 13.6. The maximum Gasteiger partial charge on any atom is 0.243 e. The second-order valence-corrected chi connectivity index (χ2v) is 8.90. The van der Waals surface area contributed by atoms with Gasteiger partial charge >= 0.3 is 0 Å². The molecule has 3 rings (SSSR count). The second kappa shape index (κ2) is 7.42. The third kappa shape index (κ3) is 3.76. The fourth-order valence-corrected chi connectivity index (χ4v) is 5.35. The Morgan fingerprint density at radius 2 is 1.67 bits per heavy atom. The number of piperidine rings is 1. The molecule has 1 aromatic rings. The maximum absolute atomic E-state index is 13.0. The number of rotatable bonds is 4. The van der Waals surface area contributed by atoms with Gasteiger partial charge < -0.3 is 5.32 Å². The highest BCUT2D eigenvalue weighted by Gasteiger charge is 2.38. The van der Waals surface area contributed by atoms with Crippen LogP contribution in [-0.2, 0) is 14.8 Å². The van der Waals surface area contributed by atoms with Crippen LogP contribution in [0.2, 0.25) is 5.02 Å². The number of benzene rings is 1. The van der Waals surface area contributed by atoms with Gasteiger partial charge in [-0.05, 0) is 49.9 Å². The molecule has 1 aliphatic carbocycles. The van der Waals surface area contributed by atoms with E-state index in [0.29, 0.717) is 18.0 Å². The number of carbonyl (C=O) groups excluding carboxylic acids is 1. The number of sulfonamides is 1. The van der Waals surface area contributed by atoms with E-state index >= 15 is 0 Å². The number of nitrogens with one attached hydrogen (secondary N) is 1. The maximum atomic E-state index is 13.0. The van der Waals surface area contributed by atoms with Gasteiger partial charge in [-0.3, -0.25) is 4.79 Å². The molecule has 0 bridgehead atoms. The van der Waals surface area contributed by atoms with E-state index in [1.807, 2.05) is 0 Å². The Balaban J connectivity index is 1.80. The van der Waals surface area contributed by atoms with Crippen LogP contribution in [0.15, 0.2) is 29.2 Å². The minimum Gasteiger partial charge on any atom is -0.352 e. The van der Waals surface area contributed by atoms with Crippen molar-refractivity contribution in [3.05, 3.63) is 29.3 Å². The summed E-state index contributed by atoms with van der Waals surface area (Å²) in [6.45, 7) is 0.383. The lowest BCUT2D eigenvalue weighted by atomic mass is 10.0. The molecule has 1 amide bonds. The van der Waals surface area contributed by atoms with E-state index in [9.17, 15) is 13.2 Å². The van der Waals surface area contributed by atoms with Crippen LogP contribution >= 0.6 is 11.6 Å². The van der Waals surface area contributed by atoms with Gasteiger partial charge in [0.05, 0.1) is 4.90 Å². The van der Waals surface area contributed by atoms with E-state index in [0.717, 1.165) is 38.5 Å². The van der Waals surface area contributed by atoms with Crippen molar-refractivity contribution in [2.24, 2.45) is 0 Å². The molecule has 1 aromatic carbocycles. The quantitative estimate of drug-likeness (QED) is 0.886. The average Bonchev–Trinajstić information content (AvgIpc) is 3.08. The number of hydrogen-bond donors (Lipinski definition) is 1. The predicted molar refractivity (Wildman–Crippen MR) is 93.4 cm³/mol. The Bertz CT molecular complexity index is 684.